The topological polar surface area (TPSA) is 38.8 Å². The van der Waals surface area contributed by atoms with E-state index in [1.807, 2.05) is 30.0 Å². The van der Waals surface area contributed by atoms with Gasteiger partial charge in [-0.05, 0) is 18.4 Å². The van der Waals surface area contributed by atoms with Crippen molar-refractivity contribution < 1.29 is 14.3 Å². The molecule has 0 radical (unpaired) electrons. The number of carbonyl (C=O) groups excluding carboxylic acids is 1. The quantitative estimate of drug-likeness (QED) is 0.772. The second-order valence-corrected chi connectivity index (χ2v) is 5.79. The summed E-state index contributed by atoms with van der Waals surface area (Å²) in [4.78, 5) is 14.7. The minimum Gasteiger partial charge on any atom is -0.383 e. The molecule has 1 heterocycles. The van der Waals surface area contributed by atoms with Crippen LogP contribution in [0.1, 0.15) is 18.9 Å². The van der Waals surface area contributed by atoms with E-state index in [1.54, 1.807) is 14.2 Å². The van der Waals surface area contributed by atoms with Gasteiger partial charge in [0.1, 0.15) is 0 Å². The van der Waals surface area contributed by atoms with E-state index in [0.717, 1.165) is 12.8 Å². The van der Waals surface area contributed by atoms with Crippen molar-refractivity contribution in [2.45, 2.75) is 31.8 Å². The smallest absolute Gasteiger partial charge is 0.226 e. The molecule has 1 aliphatic heterocycles. The van der Waals surface area contributed by atoms with Crippen LogP contribution in [-0.2, 0) is 20.7 Å². The van der Waals surface area contributed by atoms with Crippen LogP contribution in [0, 0.1) is 5.92 Å². The van der Waals surface area contributed by atoms with E-state index in [4.69, 9.17) is 9.47 Å². The van der Waals surface area contributed by atoms with Gasteiger partial charge in [-0.25, -0.2) is 0 Å². The van der Waals surface area contributed by atoms with Gasteiger partial charge in [-0.3, -0.25) is 4.79 Å². The Bertz CT molecular complexity index is 437. The molecule has 0 aromatic heterocycles. The van der Waals surface area contributed by atoms with Gasteiger partial charge in [0.25, 0.3) is 0 Å². The van der Waals surface area contributed by atoms with Crippen molar-refractivity contribution in [1.29, 1.82) is 0 Å². The first-order valence-corrected chi connectivity index (χ1v) is 7.51. The lowest BCUT2D eigenvalue weighted by molar-refractivity contribution is -0.155. The van der Waals surface area contributed by atoms with Crippen molar-refractivity contribution in [1.82, 2.24) is 4.90 Å². The average molecular weight is 291 g/mol. The second kappa shape index (κ2) is 7.57. The van der Waals surface area contributed by atoms with E-state index >= 15 is 0 Å². The molecule has 116 valence electrons. The van der Waals surface area contributed by atoms with Gasteiger partial charge in [-0.1, -0.05) is 37.3 Å². The van der Waals surface area contributed by atoms with Crippen LogP contribution in [-0.4, -0.2) is 50.3 Å². The maximum Gasteiger partial charge on any atom is 0.226 e. The molecule has 1 saturated heterocycles. The lowest BCUT2D eigenvalue weighted by Crippen LogP contribution is -2.63. The molecule has 0 aliphatic carbocycles. The van der Waals surface area contributed by atoms with E-state index in [1.165, 1.54) is 5.56 Å². The van der Waals surface area contributed by atoms with Crippen molar-refractivity contribution in [3.05, 3.63) is 35.9 Å². The molecule has 0 unspecified atom stereocenters. The lowest BCUT2D eigenvalue weighted by Gasteiger charge is -2.49. The van der Waals surface area contributed by atoms with E-state index in [-0.39, 0.29) is 23.9 Å². The van der Waals surface area contributed by atoms with Crippen LogP contribution in [0.3, 0.4) is 0 Å². The van der Waals surface area contributed by atoms with Crippen LogP contribution in [0.5, 0.6) is 0 Å². The van der Waals surface area contributed by atoms with Gasteiger partial charge in [0.05, 0.1) is 25.3 Å². The van der Waals surface area contributed by atoms with Crippen molar-refractivity contribution in [3.63, 3.8) is 0 Å². The first-order valence-electron chi connectivity index (χ1n) is 7.51. The van der Waals surface area contributed by atoms with Crippen LogP contribution in [0.15, 0.2) is 30.3 Å². The molecule has 21 heavy (non-hydrogen) atoms. The highest BCUT2D eigenvalue weighted by molar-refractivity contribution is 5.80. The summed E-state index contributed by atoms with van der Waals surface area (Å²) in [6.45, 7) is 3.20. The highest BCUT2D eigenvalue weighted by atomic mass is 16.5. The maximum atomic E-state index is 12.7. The summed E-state index contributed by atoms with van der Waals surface area (Å²) < 4.78 is 10.4. The predicted molar refractivity (Wildman–Crippen MR) is 82.1 cm³/mol. The Morgan fingerprint density at radius 1 is 1.19 bits per heavy atom. The summed E-state index contributed by atoms with van der Waals surface area (Å²) in [6.07, 6.45) is 1.74. The molecular formula is C17H25NO3. The number of carbonyl (C=O) groups is 1. The number of methoxy groups -OCH3 is 2. The summed E-state index contributed by atoms with van der Waals surface area (Å²) in [5, 5.41) is 0. The number of rotatable bonds is 7. The van der Waals surface area contributed by atoms with Crippen molar-refractivity contribution >= 4 is 5.91 Å². The Morgan fingerprint density at radius 2 is 1.76 bits per heavy atom. The number of likely N-dealkylation sites (tertiary alicyclic amines) is 1. The fourth-order valence-electron chi connectivity index (χ4n) is 3.05. The molecule has 1 amide bonds. The summed E-state index contributed by atoms with van der Waals surface area (Å²) >= 11 is 0. The van der Waals surface area contributed by atoms with Gasteiger partial charge in [-0.15, -0.1) is 0 Å². The fourth-order valence-corrected chi connectivity index (χ4v) is 3.05. The number of nitrogens with zero attached hydrogens (tertiary/aromatic N) is 1. The second-order valence-electron chi connectivity index (χ2n) is 5.79. The third-order valence-corrected chi connectivity index (χ3v) is 4.11. The molecule has 1 aliphatic rings. The normalized spacial score (nSPS) is 22.7. The van der Waals surface area contributed by atoms with Crippen LogP contribution in [0.4, 0.5) is 0 Å². The highest BCUT2D eigenvalue weighted by Crippen LogP contribution is 2.29. The molecule has 1 aromatic rings. The largest absolute Gasteiger partial charge is 0.383 e. The van der Waals surface area contributed by atoms with E-state index in [0.29, 0.717) is 13.2 Å². The van der Waals surface area contributed by atoms with Gasteiger partial charge in [0.2, 0.25) is 5.91 Å². The van der Waals surface area contributed by atoms with Gasteiger partial charge < -0.3 is 14.4 Å². The molecular weight excluding hydrogens is 266 g/mol. The SMILES string of the molecule is COC[C@@H]1C[C@@H](COC)N1C(=O)[C@H](C)Cc1ccccc1. The van der Waals surface area contributed by atoms with Gasteiger partial charge in [0, 0.05) is 20.1 Å². The van der Waals surface area contributed by atoms with E-state index in [9.17, 15) is 4.79 Å². The van der Waals surface area contributed by atoms with E-state index < -0.39 is 0 Å². The molecule has 1 aromatic carbocycles. The monoisotopic (exact) mass is 291 g/mol. The highest BCUT2D eigenvalue weighted by Gasteiger charge is 2.42. The molecule has 0 N–H and O–H groups in total. The predicted octanol–water partition coefficient (Wildman–Crippen LogP) is 2.13. The summed E-state index contributed by atoms with van der Waals surface area (Å²) in [6, 6.07) is 10.5. The maximum absolute atomic E-state index is 12.7. The zero-order chi connectivity index (χ0) is 15.2. The molecule has 0 saturated carbocycles. The minimum atomic E-state index is -0.0218. The van der Waals surface area contributed by atoms with Crippen LogP contribution >= 0.6 is 0 Å². The standard InChI is InChI=1S/C17H25NO3/c1-13(9-14-7-5-4-6-8-14)17(19)18-15(11-20-2)10-16(18)12-21-3/h4-8,13,15-16H,9-12H2,1-3H3/t13-,15+,16+/m1/s1. The third kappa shape index (κ3) is 3.83. The van der Waals surface area contributed by atoms with Crippen molar-refractivity contribution in [3.8, 4) is 0 Å². The minimum absolute atomic E-state index is 0.0218. The summed E-state index contributed by atoms with van der Waals surface area (Å²) in [5.41, 5.74) is 1.20. The third-order valence-electron chi connectivity index (χ3n) is 4.11. The number of amides is 1. The Morgan fingerprint density at radius 3 is 2.29 bits per heavy atom. The molecule has 0 bridgehead atoms. The van der Waals surface area contributed by atoms with Crippen LogP contribution < -0.4 is 0 Å². The van der Waals surface area contributed by atoms with Gasteiger partial charge in [0.15, 0.2) is 0 Å². The Balaban J connectivity index is 1.98. The fraction of sp³-hybridized carbons (Fsp3) is 0.588. The number of hydrogen-bond donors (Lipinski definition) is 0. The Kier molecular flexibility index (Phi) is 5.76. The summed E-state index contributed by atoms with van der Waals surface area (Å²) in [7, 11) is 3.36. The zero-order valence-corrected chi connectivity index (χ0v) is 13.1. The first kappa shape index (κ1) is 16.0. The zero-order valence-electron chi connectivity index (χ0n) is 13.1. The molecule has 4 nitrogen and oxygen atoms in total. The van der Waals surface area contributed by atoms with E-state index in [2.05, 4.69) is 12.1 Å². The van der Waals surface area contributed by atoms with Crippen LogP contribution in [0.25, 0.3) is 0 Å². The summed E-state index contributed by atoms with van der Waals surface area (Å²) in [5.74, 6) is 0.181. The van der Waals surface area contributed by atoms with Crippen LogP contribution in [0.2, 0.25) is 0 Å². The average Bonchev–Trinajstić information content (AvgIpc) is 2.47. The lowest BCUT2D eigenvalue weighted by atomic mass is 9.90. The van der Waals surface area contributed by atoms with Gasteiger partial charge >= 0.3 is 0 Å². The number of ether oxygens (including phenoxy) is 2. The Labute approximate surface area is 127 Å². The van der Waals surface area contributed by atoms with Crippen molar-refractivity contribution in [2.24, 2.45) is 5.92 Å². The molecule has 2 rings (SSSR count). The molecule has 3 atom stereocenters. The number of benzene rings is 1. The first-order chi connectivity index (χ1) is 10.2. The molecule has 0 spiro atoms. The van der Waals surface area contributed by atoms with Gasteiger partial charge in [-0.2, -0.15) is 0 Å². The number of hydrogen-bond acceptors (Lipinski definition) is 3. The Hall–Kier alpha value is -1.39. The molecule has 1 fully saturated rings. The van der Waals surface area contributed by atoms with Crippen molar-refractivity contribution in [2.75, 3.05) is 27.4 Å². The molecule has 4 heteroatoms.